The number of nitrogens with zero attached hydrogens (tertiary/aromatic N) is 2. The number of carbonyl (C=O) groups is 1. The van der Waals surface area contributed by atoms with Crippen LogP contribution in [0.1, 0.15) is 0 Å². The largest absolute Gasteiger partial charge is 0.497 e. The Labute approximate surface area is 167 Å². The lowest BCUT2D eigenvalue weighted by atomic mass is 10.1. The first kappa shape index (κ1) is 18.4. The summed E-state index contributed by atoms with van der Waals surface area (Å²) in [5.41, 5.74) is 1.15. The molecule has 0 aromatic heterocycles. The van der Waals surface area contributed by atoms with Gasteiger partial charge in [0, 0.05) is 11.4 Å². The van der Waals surface area contributed by atoms with Gasteiger partial charge in [0.05, 0.1) is 40.7 Å². The third-order valence-electron chi connectivity index (χ3n) is 4.90. The molecular formula is C18H16Cl2N2O4S. The van der Waals surface area contributed by atoms with Gasteiger partial charge in [-0.3, -0.25) is 9.80 Å². The molecule has 2 atom stereocenters. The minimum absolute atomic E-state index is 0.0761. The quantitative estimate of drug-likeness (QED) is 0.702. The first-order chi connectivity index (χ1) is 12.8. The molecule has 2 heterocycles. The molecule has 2 saturated heterocycles. The van der Waals surface area contributed by atoms with Gasteiger partial charge in [0.2, 0.25) is 0 Å². The number of amides is 2. The Morgan fingerprint density at radius 1 is 0.926 bits per heavy atom. The molecule has 2 amide bonds. The van der Waals surface area contributed by atoms with E-state index in [1.807, 2.05) is 0 Å². The van der Waals surface area contributed by atoms with E-state index in [4.69, 9.17) is 27.9 Å². The SMILES string of the molecule is COc1ccc(N2C(=O)N(c3ccc(Cl)c(Cl)c3)[C@@H]3CS(=O)(=O)C[C@H]32)cc1. The summed E-state index contributed by atoms with van der Waals surface area (Å²) >= 11 is 12.1. The van der Waals surface area contributed by atoms with Gasteiger partial charge in [-0.2, -0.15) is 0 Å². The van der Waals surface area contributed by atoms with Crippen LogP contribution in [0.3, 0.4) is 0 Å². The van der Waals surface area contributed by atoms with Crippen molar-refractivity contribution in [2.75, 3.05) is 28.4 Å². The number of halogens is 2. The summed E-state index contributed by atoms with van der Waals surface area (Å²) in [6.45, 7) is 0. The molecule has 6 nitrogen and oxygen atoms in total. The average Bonchev–Trinajstić information content (AvgIpc) is 3.06. The van der Waals surface area contributed by atoms with Crippen molar-refractivity contribution in [1.29, 1.82) is 0 Å². The van der Waals surface area contributed by atoms with Crippen molar-refractivity contribution in [3.8, 4) is 5.75 Å². The highest BCUT2D eigenvalue weighted by atomic mass is 35.5. The van der Waals surface area contributed by atoms with E-state index < -0.39 is 21.9 Å². The zero-order chi connectivity index (χ0) is 19.3. The molecule has 0 radical (unpaired) electrons. The Balaban J connectivity index is 1.78. The molecule has 27 heavy (non-hydrogen) atoms. The maximum atomic E-state index is 13.2. The predicted octanol–water partition coefficient (Wildman–Crippen LogP) is 3.61. The molecule has 2 aromatic rings. The fourth-order valence-electron chi connectivity index (χ4n) is 3.69. The standard InChI is InChI=1S/C18H16Cl2N2O4S/c1-26-13-5-2-11(3-6-13)21-16-9-27(24,25)10-17(16)22(18(21)23)12-4-7-14(19)15(20)8-12/h2-8,16-17H,9-10H2,1H3/t16-,17-/m1/s1. The average molecular weight is 427 g/mol. The van der Waals surface area contributed by atoms with Crippen molar-refractivity contribution >= 4 is 50.4 Å². The molecular weight excluding hydrogens is 411 g/mol. The van der Waals surface area contributed by atoms with Gasteiger partial charge >= 0.3 is 6.03 Å². The van der Waals surface area contributed by atoms with E-state index in [-0.39, 0.29) is 17.5 Å². The molecule has 0 saturated carbocycles. The van der Waals surface area contributed by atoms with Crippen LogP contribution in [0.15, 0.2) is 42.5 Å². The van der Waals surface area contributed by atoms with Crippen LogP contribution in [0, 0.1) is 0 Å². The summed E-state index contributed by atoms with van der Waals surface area (Å²) in [5, 5.41) is 0.678. The summed E-state index contributed by atoms with van der Waals surface area (Å²) in [7, 11) is -1.70. The van der Waals surface area contributed by atoms with Gasteiger partial charge in [-0.05, 0) is 42.5 Å². The second-order valence-electron chi connectivity index (χ2n) is 6.53. The maximum Gasteiger partial charge on any atom is 0.329 e. The van der Waals surface area contributed by atoms with E-state index in [9.17, 15) is 13.2 Å². The summed E-state index contributed by atoms with van der Waals surface area (Å²) in [5.74, 6) is 0.492. The number of fused-ring (bicyclic) bond motifs is 1. The number of benzene rings is 2. The molecule has 0 N–H and O–H groups in total. The van der Waals surface area contributed by atoms with E-state index in [2.05, 4.69) is 0 Å². The van der Waals surface area contributed by atoms with Crippen LogP contribution in [-0.4, -0.2) is 45.1 Å². The lowest BCUT2D eigenvalue weighted by Gasteiger charge is -2.23. The van der Waals surface area contributed by atoms with Crippen molar-refractivity contribution in [1.82, 2.24) is 0 Å². The van der Waals surface area contributed by atoms with Crippen molar-refractivity contribution < 1.29 is 17.9 Å². The number of rotatable bonds is 3. The molecule has 2 fully saturated rings. The molecule has 2 aliphatic rings. The highest BCUT2D eigenvalue weighted by Gasteiger charge is 2.54. The summed E-state index contributed by atoms with van der Waals surface area (Å²) in [4.78, 5) is 16.3. The lowest BCUT2D eigenvalue weighted by molar-refractivity contribution is 0.255. The fraction of sp³-hybridized carbons (Fsp3) is 0.278. The first-order valence-corrected chi connectivity index (χ1v) is 10.8. The van der Waals surface area contributed by atoms with Gasteiger partial charge in [0.1, 0.15) is 5.75 Å². The molecule has 4 rings (SSSR count). The Bertz CT molecular complexity index is 1010. The summed E-state index contributed by atoms with van der Waals surface area (Å²) in [6.07, 6.45) is 0. The fourth-order valence-corrected chi connectivity index (χ4v) is 5.90. The topological polar surface area (TPSA) is 66.9 Å². The number of sulfone groups is 1. The zero-order valence-corrected chi connectivity index (χ0v) is 16.6. The number of methoxy groups -OCH3 is 1. The highest BCUT2D eigenvalue weighted by molar-refractivity contribution is 7.91. The van der Waals surface area contributed by atoms with Gasteiger partial charge in [-0.25, -0.2) is 13.2 Å². The van der Waals surface area contributed by atoms with Gasteiger partial charge in [0.25, 0.3) is 0 Å². The number of hydrogen-bond acceptors (Lipinski definition) is 4. The molecule has 2 aromatic carbocycles. The monoisotopic (exact) mass is 426 g/mol. The van der Waals surface area contributed by atoms with Crippen molar-refractivity contribution in [2.24, 2.45) is 0 Å². The lowest BCUT2D eigenvalue weighted by Crippen LogP contribution is -2.37. The Hall–Kier alpha value is -1.96. The zero-order valence-electron chi connectivity index (χ0n) is 14.3. The van der Waals surface area contributed by atoms with Crippen LogP contribution < -0.4 is 14.5 Å². The Morgan fingerprint density at radius 3 is 2.04 bits per heavy atom. The van der Waals surface area contributed by atoms with Crippen molar-refractivity contribution in [3.63, 3.8) is 0 Å². The number of hydrogen-bond donors (Lipinski definition) is 0. The maximum absolute atomic E-state index is 13.2. The Morgan fingerprint density at radius 2 is 1.48 bits per heavy atom. The van der Waals surface area contributed by atoms with Crippen LogP contribution in [0.4, 0.5) is 16.2 Å². The normalized spacial score (nSPS) is 23.6. The van der Waals surface area contributed by atoms with Gasteiger partial charge in [-0.1, -0.05) is 23.2 Å². The van der Waals surface area contributed by atoms with Crippen LogP contribution in [0.2, 0.25) is 10.0 Å². The van der Waals surface area contributed by atoms with Gasteiger partial charge < -0.3 is 4.74 Å². The summed E-state index contributed by atoms with van der Waals surface area (Å²) < 4.78 is 29.7. The summed E-state index contributed by atoms with van der Waals surface area (Å²) in [6, 6.07) is 10.6. The molecule has 0 bridgehead atoms. The Kier molecular flexibility index (Phi) is 4.49. The molecule has 0 spiro atoms. The minimum atomic E-state index is -3.26. The van der Waals surface area contributed by atoms with Gasteiger partial charge in [-0.15, -0.1) is 0 Å². The van der Waals surface area contributed by atoms with Crippen LogP contribution >= 0.6 is 23.2 Å². The third kappa shape index (κ3) is 3.13. The number of anilines is 2. The van der Waals surface area contributed by atoms with E-state index in [1.165, 1.54) is 9.80 Å². The van der Waals surface area contributed by atoms with E-state index in [1.54, 1.807) is 49.6 Å². The smallest absolute Gasteiger partial charge is 0.329 e. The van der Waals surface area contributed by atoms with E-state index in [0.29, 0.717) is 27.2 Å². The van der Waals surface area contributed by atoms with Gasteiger partial charge in [0.15, 0.2) is 9.84 Å². The van der Waals surface area contributed by atoms with Crippen molar-refractivity contribution in [3.05, 3.63) is 52.5 Å². The highest BCUT2D eigenvalue weighted by Crippen LogP contribution is 2.39. The molecule has 0 unspecified atom stereocenters. The third-order valence-corrected chi connectivity index (χ3v) is 7.34. The van der Waals surface area contributed by atoms with Crippen LogP contribution in [0.5, 0.6) is 5.75 Å². The van der Waals surface area contributed by atoms with Crippen LogP contribution in [-0.2, 0) is 9.84 Å². The number of urea groups is 1. The second-order valence-corrected chi connectivity index (χ2v) is 9.50. The number of carbonyl (C=O) groups excluding carboxylic acids is 1. The minimum Gasteiger partial charge on any atom is -0.497 e. The van der Waals surface area contributed by atoms with E-state index in [0.717, 1.165) is 0 Å². The molecule has 142 valence electrons. The van der Waals surface area contributed by atoms with Crippen molar-refractivity contribution in [2.45, 2.75) is 12.1 Å². The second kappa shape index (κ2) is 6.58. The molecule has 9 heteroatoms. The van der Waals surface area contributed by atoms with Crippen LogP contribution in [0.25, 0.3) is 0 Å². The molecule has 0 aliphatic carbocycles. The first-order valence-electron chi connectivity index (χ1n) is 8.23. The molecule has 2 aliphatic heterocycles. The predicted molar refractivity (Wildman–Crippen MR) is 106 cm³/mol. The van der Waals surface area contributed by atoms with E-state index >= 15 is 0 Å². The number of ether oxygens (including phenoxy) is 1.